The van der Waals surface area contributed by atoms with Gasteiger partial charge in [-0.3, -0.25) is 9.59 Å². The smallest absolute Gasteiger partial charge is 0.174 e. The molecule has 2 aliphatic rings. The van der Waals surface area contributed by atoms with Gasteiger partial charge in [-0.15, -0.1) is 0 Å². The van der Waals surface area contributed by atoms with E-state index in [1.807, 2.05) is 0 Å². The summed E-state index contributed by atoms with van der Waals surface area (Å²) in [6.07, 6.45) is 2.40. The maximum Gasteiger partial charge on any atom is 0.174 e. The highest BCUT2D eigenvalue weighted by atomic mass is 16.7. The molecular formula is C22H28O4. The molecule has 26 heavy (non-hydrogen) atoms. The van der Waals surface area contributed by atoms with E-state index in [0.29, 0.717) is 24.0 Å². The number of aryl methyl sites for hydroxylation is 3. The molecule has 0 amide bonds. The van der Waals surface area contributed by atoms with Crippen molar-refractivity contribution in [1.82, 2.24) is 0 Å². The number of carbonyl (C=O) groups excluding carboxylic acids is 2. The van der Waals surface area contributed by atoms with Gasteiger partial charge in [0.1, 0.15) is 5.92 Å². The Balaban J connectivity index is 1.96. The molecule has 0 bridgehead atoms. The third kappa shape index (κ3) is 2.95. The Morgan fingerprint density at radius 2 is 1.42 bits per heavy atom. The molecule has 4 nitrogen and oxygen atoms in total. The van der Waals surface area contributed by atoms with Gasteiger partial charge in [-0.1, -0.05) is 31.5 Å². The van der Waals surface area contributed by atoms with Crippen LogP contribution in [0.2, 0.25) is 0 Å². The Hall–Kier alpha value is -1.78. The van der Waals surface area contributed by atoms with Gasteiger partial charge in [-0.2, -0.15) is 0 Å². The van der Waals surface area contributed by atoms with Crippen LogP contribution in [0.25, 0.3) is 0 Å². The van der Waals surface area contributed by atoms with Crippen LogP contribution in [0, 0.1) is 12.8 Å². The first-order valence-electron chi connectivity index (χ1n) is 9.45. The summed E-state index contributed by atoms with van der Waals surface area (Å²) in [6.45, 7) is 6.24. The highest BCUT2D eigenvalue weighted by Gasteiger charge is 2.48. The molecule has 0 saturated heterocycles. The molecule has 0 fully saturated rings. The van der Waals surface area contributed by atoms with E-state index in [-0.39, 0.29) is 23.8 Å². The first-order valence-corrected chi connectivity index (χ1v) is 9.45. The predicted octanol–water partition coefficient (Wildman–Crippen LogP) is 3.68. The number of hydrogen-bond acceptors (Lipinski definition) is 4. The maximum absolute atomic E-state index is 13.2. The van der Waals surface area contributed by atoms with Gasteiger partial charge in [0.25, 0.3) is 0 Å². The Bertz CT molecular complexity index is 717. The molecule has 0 atom stereocenters. The number of benzene rings is 1. The average Bonchev–Trinajstić information content (AvgIpc) is 3.16. The van der Waals surface area contributed by atoms with Crippen molar-refractivity contribution in [2.24, 2.45) is 5.92 Å². The average molecular weight is 356 g/mol. The van der Waals surface area contributed by atoms with Gasteiger partial charge in [-0.25, -0.2) is 0 Å². The first kappa shape index (κ1) is 19.0. The van der Waals surface area contributed by atoms with Crippen LogP contribution >= 0.6 is 0 Å². The summed E-state index contributed by atoms with van der Waals surface area (Å²) >= 11 is 0. The number of methoxy groups -OCH3 is 2. The van der Waals surface area contributed by atoms with Crippen molar-refractivity contribution in [3.05, 3.63) is 45.5 Å². The molecule has 140 valence electrons. The van der Waals surface area contributed by atoms with E-state index in [1.165, 1.54) is 5.56 Å². The van der Waals surface area contributed by atoms with E-state index in [9.17, 15) is 9.59 Å². The second kappa shape index (κ2) is 7.45. The maximum atomic E-state index is 13.2. The standard InChI is InChI=1S/C22H28O4/c1-6-13-8-12(3)9-14(7-2)18(13)19-20(23)16-10-15(22(25-4)26-5)11-17(16)21(19)24/h8-9,15,19,22H,6-7,10-11H2,1-5H3. The summed E-state index contributed by atoms with van der Waals surface area (Å²) in [5.74, 6) is -0.619. The summed E-state index contributed by atoms with van der Waals surface area (Å²) < 4.78 is 10.7. The SMILES string of the molecule is CCc1cc(C)cc(CC)c1C1C(=O)C2=C(CC(C(OC)OC)C2)C1=O. The van der Waals surface area contributed by atoms with Crippen LogP contribution in [-0.4, -0.2) is 32.1 Å². The van der Waals surface area contributed by atoms with Crippen molar-refractivity contribution in [3.63, 3.8) is 0 Å². The van der Waals surface area contributed by atoms with Crippen LogP contribution in [0.15, 0.2) is 23.3 Å². The second-order valence-corrected chi connectivity index (χ2v) is 7.33. The molecule has 0 unspecified atom stereocenters. The lowest BCUT2D eigenvalue weighted by Gasteiger charge is -2.24. The predicted molar refractivity (Wildman–Crippen MR) is 100 cm³/mol. The van der Waals surface area contributed by atoms with E-state index in [0.717, 1.165) is 29.5 Å². The van der Waals surface area contributed by atoms with Gasteiger partial charge in [0, 0.05) is 31.3 Å². The Morgan fingerprint density at radius 1 is 0.962 bits per heavy atom. The molecule has 0 aliphatic heterocycles. The number of ketones is 2. The van der Waals surface area contributed by atoms with E-state index < -0.39 is 5.92 Å². The Kier molecular flexibility index (Phi) is 5.44. The molecule has 0 heterocycles. The highest BCUT2D eigenvalue weighted by molar-refractivity contribution is 6.28. The van der Waals surface area contributed by atoms with Gasteiger partial charge in [-0.05, 0) is 49.3 Å². The minimum absolute atomic E-state index is 0.00768. The van der Waals surface area contributed by atoms with Crippen molar-refractivity contribution in [2.75, 3.05) is 14.2 Å². The fourth-order valence-corrected chi connectivity index (χ4v) is 4.65. The Labute approximate surface area is 155 Å². The van der Waals surface area contributed by atoms with Crippen molar-refractivity contribution < 1.29 is 19.1 Å². The lowest BCUT2D eigenvalue weighted by atomic mass is 9.81. The third-order valence-corrected chi connectivity index (χ3v) is 5.81. The molecule has 0 spiro atoms. The van der Waals surface area contributed by atoms with Crippen LogP contribution in [0.4, 0.5) is 0 Å². The van der Waals surface area contributed by atoms with E-state index in [4.69, 9.17) is 9.47 Å². The van der Waals surface area contributed by atoms with Crippen molar-refractivity contribution >= 4 is 11.6 Å². The number of hydrogen-bond donors (Lipinski definition) is 0. The summed E-state index contributed by atoms with van der Waals surface area (Å²) in [6, 6.07) is 4.24. The topological polar surface area (TPSA) is 52.6 Å². The molecular weight excluding hydrogens is 328 g/mol. The monoisotopic (exact) mass is 356 g/mol. The minimum Gasteiger partial charge on any atom is -0.356 e. The highest BCUT2D eigenvalue weighted by Crippen LogP contribution is 2.46. The van der Waals surface area contributed by atoms with Crippen molar-refractivity contribution in [1.29, 1.82) is 0 Å². The van der Waals surface area contributed by atoms with E-state index >= 15 is 0 Å². The van der Waals surface area contributed by atoms with Gasteiger partial charge < -0.3 is 9.47 Å². The summed E-state index contributed by atoms with van der Waals surface area (Å²) in [7, 11) is 3.19. The number of allylic oxidation sites excluding steroid dienone is 2. The summed E-state index contributed by atoms with van der Waals surface area (Å²) in [5, 5.41) is 0. The van der Waals surface area contributed by atoms with Crippen LogP contribution in [0.1, 0.15) is 54.9 Å². The molecule has 1 aromatic carbocycles. The Morgan fingerprint density at radius 3 is 1.81 bits per heavy atom. The van der Waals surface area contributed by atoms with Crippen LogP contribution in [0.5, 0.6) is 0 Å². The lowest BCUT2D eigenvalue weighted by Crippen LogP contribution is -2.27. The van der Waals surface area contributed by atoms with Crippen molar-refractivity contribution in [3.8, 4) is 0 Å². The molecule has 0 radical (unpaired) electrons. The molecule has 0 aromatic heterocycles. The van der Waals surface area contributed by atoms with E-state index in [2.05, 4.69) is 32.9 Å². The summed E-state index contributed by atoms with van der Waals surface area (Å²) in [5.41, 5.74) is 5.79. The zero-order valence-electron chi connectivity index (χ0n) is 16.3. The van der Waals surface area contributed by atoms with E-state index in [1.54, 1.807) is 14.2 Å². The molecule has 2 aliphatic carbocycles. The molecule has 3 rings (SSSR count). The fraction of sp³-hybridized carbons (Fsp3) is 0.545. The zero-order chi connectivity index (χ0) is 19.0. The normalized spacial score (nSPS) is 18.5. The van der Waals surface area contributed by atoms with Gasteiger partial charge in [0.2, 0.25) is 0 Å². The first-order chi connectivity index (χ1) is 12.5. The number of ether oxygens (including phenoxy) is 2. The minimum atomic E-state index is -0.644. The van der Waals surface area contributed by atoms with Crippen molar-refractivity contribution in [2.45, 2.75) is 58.7 Å². The lowest BCUT2D eigenvalue weighted by molar-refractivity contribution is -0.137. The molecule has 0 saturated carbocycles. The van der Waals surface area contributed by atoms with Gasteiger partial charge in [0.05, 0.1) is 0 Å². The number of rotatable bonds is 6. The van der Waals surface area contributed by atoms with Crippen LogP contribution < -0.4 is 0 Å². The molecule has 0 N–H and O–H groups in total. The molecule has 4 heteroatoms. The molecule has 1 aromatic rings. The van der Waals surface area contributed by atoms with Gasteiger partial charge in [0.15, 0.2) is 17.9 Å². The number of Topliss-reactive ketones (excluding diaryl/α,β-unsaturated/α-hetero) is 2. The third-order valence-electron chi connectivity index (χ3n) is 5.81. The van der Waals surface area contributed by atoms with Gasteiger partial charge >= 0.3 is 0 Å². The largest absolute Gasteiger partial charge is 0.356 e. The van der Waals surface area contributed by atoms with Crippen LogP contribution in [-0.2, 0) is 31.9 Å². The van der Waals surface area contributed by atoms with Crippen LogP contribution in [0.3, 0.4) is 0 Å². The second-order valence-electron chi connectivity index (χ2n) is 7.33. The number of carbonyl (C=O) groups is 2. The zero-order valence-corrected chi connectivity index (χ0v) is 16.3. The quantitative estimate of drug-likeness (QED) is 0.576. The summed E-state index contributed by atoms with van der Waals surface area (Å²) in [4.78, 5) is 26.4. The fourth-order valence-electron chi connectivity index (χ4n) is 4.65.